The van der Waals surface area contributed by atoms with Crippen molar-refractivity contribution >= 4 is 0 Å². The van der Waals surface area contributed by atoms with Gasteiger partial charge in [-0.3, -0.25) is 0 Å². The molecule has 0 aliphatic heterocycles. The van der Waals surface area contributed by atoms with E-state index in [1.54, 1.807) is 6.07 Å². The van der Waals surface area contributed by atoms with Gasteiger partial charge in [-0.05, 0) is 31.3 Å². The van der Waals surface area contributed by atoms with E-state index in [0.717, 1.165) is 11.6 Å². The first-order valence-electron chi connectivity index (χ1n) is 6.52. The summed E-state index contributed by atoms with van der Waals surface area (Å²) in [5.41, 5.74) is 7.60. The van der Waals surface area contributed by atoms with E-state index in [1.807, 2.05) is 37.2 Å². The highest BCUT2D eigenvalue weighted by Gasteiger charge is 2.19. The summed E-state index contributed by atoms with van der Waals surface area (Å²) < 4.78 is 40.1. The summed E-state index contributed by atoms with van der Waals surface area (Å²) in [7, 11) is 3.86. The Morgan fingerprint density at radius 2 is 1.76 bits per heavy atom. The van der Waals surface area contributed by atoms with Crippen molar-refractivity contribution in [2.75, 3.05) is 14.1 Å². The highest BCUT2D eigenvalue weighted by Crippen LogP contribution is 2.25. The standard InChI is InChI=1S/C16H17F3N2/c1-21(2)9-10-4-3-5-11(8-10)16(20)12-6-7-13(17)15(19)14(12)18/h3-8,16H,9,20H2,1-2H3. The third kappa shape index (κ3) is 3.43. The Bertz CT molecular complexity index is 641. The summed E-state index contributed by atoms with van der Waals surface area (Å²) >= 11 is 0. The molecule has 2 rings (SSSR count). The van der Waals surface area contributed by atoms with Gasteiger partial charge in [0.1, 0.15) is 0 Å². The van der Waals surface area contributed by atoms with E-state index in [2.05, 4.69) is 0 Å². The molecule has 0 saturated heterocycles. The minimum Gasteiger partial charge on any atom is -0.320 e. The largest absolute Gasteiger partial charge is 0.320 e. The van der Waals surface area contributed by atoms with Gasteiger partial charge in [-0.1, -0.05) is 30.3 Å². The van der Waals surface area contributed by atoms with Gasteiger partial charge in [0, 0.05) is 12.1 Å². The van der Waals surface area contributed by atoms with Crippen molar-refractivity contribution in [3.63, 3.8) is 0 Å². The molecule has 0 aliphatic carbocycles. The molecule has 2 aromatic carbocycles. The maximum absolute atomic E-state index is 13.8. The van der Waals surface area contributed by atoms with E-state index >= 15 is 0 Å². The number of nitrogens with zero attached hydrogens (tertiary/aromatic N) is 1. The zero-order chi connectivity index (χ0) is 15.6. The fraction of sp³-hybridized carbons (Fsp3) is 0.250. The molecule has 1 atom stereocenters. The molecule has 5 heteroatoms. The van der Waals surface area contributed by atoms with Gasteiger partial charge in [-0.25, -0.2) is 13.2 Å². The highest BCUT2D eigenvalue weighted by molar-refractivity contribution is 5.35. The van der Waals surface area contributed by atoms with Gasteiger partial charge in [0.05, 0.1) is 6.04 Å². The van der Waals surface area contributed by atoms with Crippen LogP contribution in [-0.4, -0.2) is 19.0 Å². The zero-order valence-electron chi connectivity index (χ0n) is 11.9. The minimum atomic E-state index is -1.49. The molecule has 2 N–H and O–H groups in total. The van der Waals surface area contributed by atoms with Crippen molar-refractivity contribution in [3.05, 3.63) is 70.5 Å². The molecule has 0 radical (unpaired) electrons. The zero-order valence-corrected chi connectivity index (χ0v) is 11.9. The van der Waals surface area contributed by atoms with Crippen LogP contribution in [0.25, 0.3) is 0 Å². The van der Waals surface area contributed by atoms with E-state index in [9.17, 15) is 13.2 Å². The Morgan fingerprint density at radius 3 is 2.43 bits per heavy atom. The lowest BCUT2D eigenvalue weighted by molar-refractivity contribution is 0.402. The Kier molecular flexibility index (Phi) is 4.65. The SMILES string of the molecule is CN(C)Cc1cccc(C(N)c2ccc(F)c(F)c2F)c1. The molecule has 0 heterocycles. The van der Waals surface area contributed by atoms with Crippen molar-refractivity contribution in [1.82, 2.24) is 4.90 Å². The average molecular weight is 294 g/mol. The van der Waals surface area contributed by atoms with Crippen molar-refractivity contribution in [1.29, 1.82) is 0 Å². The number of nitrogens with two attached hydrogens (primary N) is 1. The van der Waals surface area contributed by atoms with Gasteiger partial charge in [0.2, 0.25) is 0 Å². The Balaban J connectivity index is 2.36. The summed E-state index contributed by atoms with van der Waals surface area (Å²) in [4.78, 5) is 1.99. The van der Waals surface area contributed by atoms with Crippen LogP contribution in [0.3, 0.4) is 0 Å². The predicted octanol–water partition coefficient (Wildman–Crippen LogP) is 3.21. The summed E-state index contributed by atoms with van der Waals surface area (Å²) in [6, 6.07) is 8.54. The quantitative estimate of drug-likeness (QED) is 0.877. The fourth-order valence-electron chi connectivity index (χ4n) is 2.21. The van der Waals surface area contributed by atoms with Crippen LogP contribution in [0.2, 0.25) is 0 Å². The summed E-state index contributed by atoms with van der Waals surface area (Å²) in [6.45, 7) is 0.709. The molecule has 0 aromatic heterocycles. The molecule has 0 bridgehead atoms. The molecule has 0 fully saturated rings. The van der Waals surface area contributed by atoms with Crippen molar-refractivity contribution < 1.29 is 13.2 Å². The molecule has 0 aliphatic rings. The van der Waals surface area contributed by atoms with E-state index in [4.69, 9.17) is 5.73 Å². The molecule has 21 heavy (non-hydrogen) atoms. The second-order valence-corrected chi connectivity index (χ2v) is 5.23. The van der Waals surface area contributed by atoms with E-state index in [0.29, 0.717) is 12.1 Å². The van der Waals surface area contributed by atoms with Gasteiger partial charge in [-0.2, -0.15) is 0 Å². The molecule has 2 nitrogen and oxygen atoms in total. The molecule has 0 amide bonds. The van der Waals surface area contributed by atoms with E-state index in [-0.39, 0.29) is 5.56 Å². The number of benzene rings is 2. The normalized spacial score (nSPS) is 12.7. The topological polar surface area (TPSA) is 29.3 Å². The minimum absolute atomic E-state index is 0.0593. The third-order valence-corrected chi connectivity index (χ3v) is 3.21. The van der Waals surface area contributed by atoms with Crippen LogP contribution in [0.5, 0.6) is 0 Å². The van der Waals surface area contributed by atoms with Crippen LogP contribution in [0.15, 0.2) is 36.4 Å². The molecule has 0 spiro atoms. The number of halogens is 3. The van der Waals surface area contributed by atoms with Gasteiger partial charge in [0.15, 0.2) is 17.5 Å². The average Bonchev–Trinajstić information content (AvgIpc) is 2.44. The Morgan fingerprint density at radius 1 is 1.05 bits per heavy atom. The second-order valence-electron chi connectivity index (χ2n) is 5.23. The Labute approximate surface area is 122 Å². The van der Waals surface area contributed by atoms with Crippen molar-refractivity contribution in [3.8, 4) is 0 Å². The lowest BCUT2D eigenvalue weighted by atomic mass is 9.97. The maximum Gasteiger partial charge on any atom is 0.194 e. The summed E-state index contributed by atoms with van der Waals surface area (Å²) in [5.74, 6) is -3.95. The lowest BCUT2D eigenvalue weighted by Crippen LogP contribution is -2.16. The maximum atomic E-state index is 13.8. The third-order valence-electron chi connectivity index (χ3n) is 3.21. The molecule has 112 valence electrons. The van der Waals surface area contributed by atoms with Crippen LogP contribution >= 0.6 is 0 Å². The van der Waals surface area contributed by atoms with Gasteiger partial charge in [0.25, 0.3) is 0 Å². The molecule has 0 saturated carbocycles. The molecule has 2 aromatic rings. The number of hydrogen-bond donors (Lipinski definition) is 1. The van der Waals surface area contributed by atoms with Crippen LogP contribution in [0.4, 0.5) is 13.2 Å². The number of hydrogen-bond acceptors (Lipinski definition) is 2. The molecule has 1 unspecified atom stereocenters. The van der Waals surface area contributed by atoms with Crippen LogP contribution in [-0.2, 0) is 6.54 Å². The first-order chi connectivity index (χ1) is 9.90. The molecular weight excluding hydrogens is 277 g/mol. The van der Waals surface area contributed by atoms with Gasteiger partial charge >= 0.3 is 0 Å². The predicted molar refractivity (Wildman–Crippen MR) is 76.2 cm³/mol. The first kappa shape index (κ1) is 15.5. The first-order valence-corrected chi connectivity index (χ1v) is 6.52. The second kappa shape index (κ2) is 6.28. The highest BCUT2D eigenvalue weighted by atomic mass is 19.2. The van der Waals surface area contributed by atoms with Crippen LogP contribution in [0, 0.1) is 17.5 Å². The fourth-order valence-corrected chi connectivity index (χ4v) is 2.21. The van der Waals surface area contributed by atoms with E-state index < -0.39 is 23.5 Å². The van der Waals surface area contributed by atoms with Crippen molar-refractivity contribution in [2.24, 2.45) is 5.73 Å². The monoisotopic (exact) mass is 294 g/mol. The van der Waals surface area contributed by atoms with E-state index in [1.165, 1.54) is 6.07 Å². The smallest absolute Gasteiger partial charge is 0.194 e. The van der Waals surface area contributed by atoms with Crippen LogP contribution in [0.1, 0.15) is 22.7 Å². The van der Waals surface area contributed by atoms with Gasteiger partial charge < -0.3 is 10.6 Å². The number of rotatable bonds is 4. The summed E-state index contributed by atoms with van der Waals surface area (Å²) in [5, 5.41) is 0. The van der Waals surface area contributed by atoms with Crippen LogP contribution < -0.4 is 5.73 Å². The lowest BCUT2D eigenvalue weighted by Gasteiger charge is -2.16. The summed E-state index contributed by atoms with van der Waals surface area (Å²) in [6.07, 6.45) is 0. The van der Waals surface area contributed by atoms with Crippen molar-refractivity contribution in [2.45, 2.75) is 12.6 Å². The molecular formula is C16H17F3N2. The Hall–Kier alpha value is -1.85. The van der Waals surface area contributed by atoms with Gasteiger partial charge in [-0.15, -0.1) is 0 Å².